The highest BCUT2D eigenvalue weighted by atomic mass is 16.6. The molecule has 0 bridgehead atoms. The number of likely N-dealkylation sites (tertiary alicyclic amines) is 1. The van der Waals surface area contributed by atoms with Crippen molar-refractivity contribution in [3.63, 3.8) is 0 Å². The minimum atomic E-state index is -0.453. The van der Waals surface area contributed by atoms with Gasteiger partial charge in [-0.3, -0.25) is 9.69 Å². The summed E-state index contributed by atoms with van der Waals surface area (Å²) in [5.41, 5.74) is 2.04. The fourth-order valence-electron chi connectivity index (χ4n) is 3.51. The van der Waals surface area contributed by atoms with E-state index in [9.17, 15) is 4.79 Å². The zero-order valence-corrected chi connectivity index (χ0v) is 15.3. The molecular weight excluding hydrogens is 310 g/mol. The monoisotopic (exact) mass is 337 g/mol. The van der Waals surface area contributed by atoms with Gasteiger partial charge in [0.2, 0.25) is 0 Å². The lowest BCUT2D eigenvalue weighted by atomic mass is 9.89. The molecule has 2 aromatic rings. The van der Waals surface area contributed by atoms with Crippen molar-refractivity contribution in [3.05, 3.63) is 71.8 Å². The van der Waals surface area contributed by atoms with Crippen LogP contribution in [0.2, 0.25) is 0 Å². The first-order valence-corrected chi connectivity index (χ1v) is 8.96. The van der Waals surface area contributed by atoms with Crippen LogP contribution < -0.4 is 0 Å². The Hall–Kier alpha value is -2.13. The van der Waals surface area contributed by atoms with Gasteiger partial charge in [0.15, 0.2) is 0 Å². The van der Waals surface area contributed by atoms with Gasteiger partial charge in [0, 0.05) is 25.6 Å². The van der Waals surface area contributed by atoms with Crippen LogP contribution in [-0.2, 0) is 16.1 Å². The van der Waals surface area contributed by atoms with E-state index < -0.39 is 5.60 Å². The normalized spacial score (nSPS) is 21.2. The molecule has 0 spiro atoms. The second kappa shape index (κ2) is 7.40. The van der Waals surface area contributed by atoms with Crippen molar-refractivity contribution in [1.29, 1.82) is 0 Å². The number of rotatable bonds is 4. The summed E-state index contributed by atoms with van der Waals surface area (Å²) in [6.07, 6.45) is 0. The molecule has 3 heteroatoms. The first-order valence-electron chi connectivity index (χ1n) is 8.96. The summed E-state index contributed by atoms with van der Waals surface area (Å²) in [5, 5.41) is 0. The maximum Gasteiger partial charge on any atom is 0.311 e. The Morgan fingerprint density at radius 3 is 2.20 bits per heavy atom. The third-order valence-electron chi connectivity index (χ3n) is 4.58. The Kier molecular flexibility index (Phi) is 5.24. The smallest absolute Gasteiger partial charge is 0.311 e. The first kappa shape index (κ1) is 17.7. The summed E-state index contributed by atoms with van der Waals surface area (Å²) in [6.45, 7) is 8.27. The van der Waals surface area contributed by atoms with E-state index in [0.29, 0.717) is 0 Å². The van der Waals surface area contributed by atoms with Gasteiger partial charge in [-0.1, -0.05) is 60.7 Å². The zero-order chi connectivity index (χ0) is 17.9. The average molecular weight is 337 g/mol. The molecule has 132 valence electrons. The molecule has 0 aliphatic carbocycles. The molecule has 3 rings (SSSR count). The lowest BCUT2D eigenvalue weighted by Gasteiger charge is -2.24. The lowest BCUT2D eigenvalue weighted by molar-refractivity contribution is -0.160. The Morgan fingerprint density at radius 2 is 1.60 bits per heavy atom. The molecule has 0 saturated carbocycles. The van der Waals surface area contributed by atoms with Crippen LogP contribution in [0.15, 0.2) is 60.7 Å². The maximum absolute atomic E-state index is 12.8. The number of carbonyl (C=O) groups excluding carboxylic acids is 1. The molecule has 3 nitrogen and oxygen atoms in total. The van der Waals surface area contributed by atoms with Gasteiger partial charge < -0.3 is 4.74 Å². The SMILES string of the molecule is CC(C)(C)OC(=O)[C@@H]1CN(Cc2ccccc2)C[C@H]1c1ccccc1. The molecule has 2 aromatic carbocycles. The van der Waals surface area contributed by atoms with Crippen LogP contribution in [0.4, 0.5) is 0 Å². The molecule has 0 unspecified atom stereocenters. The summed E-state index contributed by atoms with van der Waals surface area (Å²) in [4.78, 5) is 15.2. The molecule has 1 aliphatic heterocycles. The third-order valence-corrected chi connectivity index (χ3v) is 4.58. The third kappa shape index (κ3) is 4.70. The summed E-state index contributed by atoms with van der Waals surface area (Å²) >= 11 is 0. The predicted octanol–water partition coefficient (Wildman–Crippen LogP) is 4.24. The number of nitrogens with zero attached hydrogens (tertiary/aromatic N) is 1. The van der Waals surface area contributed by atoms with Gasteiger partial charge in [-0.2, -0.15) is 0 Å². The first-order chi connectivity index (χ1) is 11.9. The van der Waals surface area contributed by atoms with Gasteiger partial charge in [0.25, 0.3) is 0 Å². The number of ether oxygens (including phenoxy) is 1. The molecule has 1 saturated heterocycles. The van der Waals surface area contributed by atoms with Gasteiger partial charge in [0.1, 0.15) is 5.60 Å². The van der Waals surface area contributed by atoms with Gasteiger partial charge >= 0.3 is 5.97 Å². The molecule has 0 N–H and O–H groups in total. The second-order valence-corrected chi connectivity index (χ2v) is 7.84. The van der Waals surface area contributed by atoms with Crippen LogP contribution in [0, 0.1) is 5.92 Å². The van der Waals surface area contributed by atoms with Gasteiger partial charge in [-0.15, -0.1) is 0 Å². The highest BCUT2D eigenvalue weighted by Gasteiger charge is 2.40. The van der Waals surface area contributed by atoms with E-state index in [1.54, 1.807) is 0 Å². The number of hydrogen-bond donors (Lipinski definition) is 0. The fraction of sp³-hybridized carbons (Fsp3) is 0.409. The van der Waals surface area contributed by atoms with Gasteiger partial charge in [-0.25, -0.2) is 0 Å². The van der Waals surface area contributed by atoms with E-state index in [4.69, 9.17) is 4.74 Å². The van der Waals surface area contributed by atoms with E-state index in [2.05, 4.69) is 41.3 Å². The van der Waals surface area contributed by atoms with Crippen molar-refractivity contribution in [2.24, 2.45) is 5.92 Å². The van der Waals surface area contributed by atoms with E-state index in [1.165, 1.54) is 11.1 Å². The average Bonchev–Trinajstić information content (AvgIpc) is 2.99. The molecular formula is C22H27NO2. The van der Waals surface area contributed by atoms with Crippen LogP contribution in [0.25, 0.3) is 0 Å². The summed E-state index contributed by atoms with van der Waals surface area (Å²) in [7, 11) is 0. The Bertz CT molecular complexity index is 691. The molecule has 1 heterocycles. The van der Waals surface area contributed by atoms with Crippen molar-refractivity contribution in [3.8, 4) is 0 Å². The van der Waals surface area contributed by atoms with Crippen LogP contribution in [0.3, 0.4) is 0 Å². The van der Waals surface area contributed by atoms with Crippen molar-refractivity contribution < 1.29 is 9.53 Å². The number of benzene rings is 2. The Balaban J connectivity index is 1.79. The largest absolute Gasteiger partial charge is 0.460 e. The lowest BCUT2D eigenvalue weighted by Crippen LogP contribution is -2.32. The maximum atomic E-state index is 12.8. The van der Waals surface area contributed by atoms with Crippen molar-refractivity contribution in [2.45, 2.75) is 38.8 Å². The van der Waals surface area contributed by atoms with Gasteiger partial charge in [0.05, 0.1) is 5.92 Å². The molecule has 1 fully saturated rings. The summed E-state index contributed by atoms with van der Waals surface area (Å²) in [6, 6.07) is 20.8. The number of carbonyl (C=O) groups is 1. The van der Waals surface area contributed by atoms with E-state index >= 15 is 0 Å². The van der Waals surface area contributed by atoms with Crippen LogP contribution in [-0.4, -0.2) is 29.6 Å². The van der Waals surface area contributed by atoms with E-state index in [0.717, 1.165) is 19.6 Å². The highest BCUT2D eigenvalue weighted by molar-refractivity contribution is 5.75. The Labute approximate surface area is 150 Å². The second-order valence-electron chi connectivity index (χ2n) is 7.84. The minimum absolute atomic E-state index is 0.0862. The van der Waals surface area contributed by atoms with Crippen molar-refractivity contribution >= 4 is 5.97 Å². The summed E-state index contributed by atoms with van der Waals surface area (Å²) < 4.78 is 5.71. The molecule has 0 aromatic heterocycles. The molecule has 1 aliphatic rings. The quantitative estimate of drug-likeness (QED) is 0.782. The standard InChI is InChI=1S/C22H27NO2/c1-22(2,3)25-21(24)20-16-23(14-17-10-6-4-7-11-17)15-19(20)18-12-8-5-9-13-18/h4-13,19-20H,14-16H2,1-3H3/t19-,20+/m0/s1. The van der Waals surface area contributed by atoms with Crippen molar-refractivity contribution in [1.82, 2.24) is 4.90 Å². The fourth-order valence-corrected chi connectivity index (χ4v) is 3.51. The minimum Gasteiger partial charge on any atom is -0.460 e. The zero-order valence-electron chi connectivity index (χ0n) is 15.3. The van der Waals surface area contributed by atoms with Crippen LogP contribution in [0.1, 0.15) is 37.8 Å². The van der Waals surface area contributed by atoms with Gasteiger partial charge in [-0.05, 0) is 31.9 Å². The highest BCUT2D eigenvalue weighted by Crippen LogP contribution is 2.35. The molecule has 0 amide bonds. The van der Waals surface area contributed by atoms with Crippen LogP contribution in [0.5, 0.6) is 0 Å². The van der Waals surface area contributed by atoms with E-state index in [1.807, 2.05) is 45.0 Å². The predicted molar refractivity (Wildman–Crippen MR) is 100 cm³/mol. The summed E-state index contributed by atoms with van der Waals surface area (Å²) in [5.74, 6) is -0.0259. The number of hydrogen-bond acceptors (Lipinski definition) is 3. The number of esters is 1. The Morgan fingerprint density at radius 1 is 1.00 bits per heavy atom. The van der Waals surface area contributed by atoms with Crippen molar-refractivity contribution in [2.75, 3.05) is 13.1 Å². The molecule has 25 heavy (non-hydrogen) atoms. The topological polar surface area (TPSA) is 29.5 Å². The van der Waals surface area contributed by atoms with E-state index in [-0.39, 0.29) is 17.8 Å². The van der Waals surface area contributed by atoms with Crippen LogP contribution >= 0.6 is 0 Å². The molecule has 0 radical (unpaired) electrons. The molecule has 2 atom stereocenters.